The largest absolute Gasteiger partial charge is 0.417 e. The highest BCUT2D eigenvalue weighted by atomic mass is 28.4. The predicted molar refractivity (Wildman–Crippen MR) is 140 cm³/mol. The van der Waals surface area contributed by atoms with Crippen molar-refractivity contribution in [2.45, 2.75) is 103 Å². The van der Waals surface area contributed by atoms with E-state index in [0.717, 1.165) is 24.8 Å². The minimum atomic E-state index is -1.93. The van der Waals surface area contributed by atoms with Crippen LogP contribution in [0.25, 0.3) is 0 Å². The van der Waals surface area contributed by atoms with Crippen molar-refractivity contribution in [1.29, 1.82) is 0 Å². The topological polar surface area (TPSA) is 68.2 Å². The molecule has 6 atom stereocenters. The average Bonchev–Trinajstić information content (AvgIpc) is 3.14. The first-order valence-corrected chi connectivity index (χ1v) is 16.0. The summed E-state index contributed by atoms with van der Waals surface area (Å²) in [5.74, 6) is 7.07. The van der Waals surface area contributed by atoms with E-state index in [1.54, 1.807) is 0 Å². The zero-order valence-corrected chi connectivity index (χ0v) is 23.6. The maximum atomic E-state index is 11.8. The average molecular weight is 501 g/mol. The highest BCUT2D eigenvalue weighted by molar-refractivity contribution is 6.74. The van der Waals surface area contributed by atoms with Crippen LogP contribution in [0, 0.1) is 28.6 Å². The number of hydrogen-bond donors (Lipinski definition) is 2. The lowest BCUT2D eigenvalue weighted by molar-refractivity contribution is -0.279. The molecule has 1 aromatic rings. The first kappa shape index (κ1) is 26.8. The van der Waals surface area contributed by atoms with E-state index in [1.807, 2.05) is 30.3 Å². The number of fused-ring (bicyclic) bond motifs is 2. The van der Waals surface area contributed by atoms with E-state index in [2.05, 4.69) is 59.6 Å². The molecule has 6 heteroatoms. The lowest BCUT2D eigenvalue weighted by Gasteiger charge is -2.42. The van der Waals surface area contributed by atoms with Crippen molar-refractivity contribution in [2.24, 2.45) is 16.7 Å². The molecule has 5 nitrogen and oxygen atoms in total. The Labute approximate surface area is 212 Å². The van der Waals surface area contributed by atoms with Crippen LogP contribution in [0.3, 0.4) is 0 Å². The molecule has 1 aromatic carbocycles. The third kappa shape index (κ3) is 4.76. The van der Waals surface area contributed by atoms with Crippen LogP contribution >= 0.6 is 0 Å². The van der Waals surface area contributed by atoms with Gasteiger partial charge in [-0.25, -0.2) is 0 Å². The molecule has 1 heterocycles. The highest BCUT2D eigenvalue weighted by Crippen LogP contribution is 2.65. The maximum absolute atomic E-state index is 11.8. The van der Waals surface area contributed by atoms with E-state index in [-0.39, 0.29) is 17.1 Å². The number of hydrogen-bond acceptors (Lipinski definition) is 5. The zero-order valence-electron chi connectivity index (χ0n) is 22.6. The molecule has 4 unspecified atom stereocenters. The number of ether oxygens (including phenoxy) is 2. The molecule has 3 fully saturated rings. The SMILES string of the molecule is CC1(C)C2CCC1(C#CC1(O)CO[C@@H](c3ccccc3)O[C@@H]1CCO[Si](C)(C)C(C)(C)C)C(O)C2. The van der Waals surface area contributed by atoms with Crippen LogP contribution in [0.2, 0.25) is 18.1 Å². The van der Waals surface area contributed by atoms with Crippen LogP contribution in [0.5, 0.6) is 0 Å². The van der Waals surface area contributed by atoms with E-state index in [1.165, 1.54) is 0 Å². The molecule has 2 aliphatic carbocycles. The van der Waals surface area contributed by atoms with E-state index in [9.17, 15) is 10.2 Å². The van der Waals surface area contributed by atoms with Gasteiger partial charge in [-0.1, -0.05) is 76.8 Å². The van der Waals surface area contributed by atoms with Crippen LogP contribution < -0.4 is 0 Å². The Morgan fingerprint density at radius 3 is 2.40 bits per heavy atom. The Hall–Kier alpha value is -1.20. The summed E-state index contributed by atoms with van der Waals surface area (Å²) in [6.07, 6.45) is 1.66. The van der Waals surface area contributed by atoms with Crippen molar-refractivity contribution in [3.63, 3.8) is 0 Å². The second-order valence-corrected chi connectivity index (χ2v) is 17.7. The van der Waals surface area contributed by atoms with Gasteiger partial charge in [-0.05, 0) is 55.1 Å². The molecule has 2 bridgehead atoms. The fraction of sp³-hybridized carbons (Fsp3) is 0.724. The van der Waals surface area contributed by atoms with E-state index in [0.29, 0.717) is 18.9 Å². The Morgan fingerprint density at radius 2 is 1.83 bits per heavy atom. The van der Waals surface area contributed by atoms with Gasteiger partial charge in [0.2, 0.25) is 0 Å². The second-order valence-electron chi connectivity index (χ2n) is 12.9. The molecule has 2 saturated carbocycles. The first-order chi connectivity index (χ1) is 16.2. The summed E-state index contributed by atoms with van der Waals surface area (Å²) < 4.78 is 18.8. The van der Waals surface area contributed by atoms with Crippen LogP contribution in [-0.4, -0.2) is 49.6 Å². The lowest BCUT2D eigenvalue weighted by Crippen LogP contribution is -2.53. The Balaban J connectivity index is 1.58. The molecule has 0 spiro atoms. The van der Waals surface area contributed by atoms with Gasteiger partial charge in [-0.3, -0.25) is 0 Å². The summed E-state index contributed by atoms with van der Waals surface area (Å²) in [4.78, 5) is 0. The third-order valence-corrected chi connectivity index (χ3v) is 14.2. The normalized spacial score (nSPS) is 36.6. The molecular formula is C29H44O5Si. The van der Waals surface area contributed by atoms with Gasteiger partial charge in [-0.15, -0.1) is 0 Å². The van der Waals surface area contributed by atoms with E-state index in [4.69, 9.17) is 13.9 Å². The number of rotatable bonds is 5. The van der Waals surface area contributed by atoms with Gasteiger partial charge in [0.15, 0.2) is 20.2 Å². The van der Waals surface area contributed by atoms with Gasteiger partial charge in [-0.2, -0.15) is 0 Å². The van der Waals surface area contributed by atoms with Gasteiger partial charge in [0, 0.05) is 12.2 Å². The number of aliphatic hydroxyl groups excluding tert-OH is 1. The van der Waals surface area contributed by atoms with Crippen LogP contribution in [-0.2, 0) is 13.9 Å². The molecule has 4 rings (SSSR count). The molecule has 1 aliphatic heterocycles. The standard InChI is InChI=1S/C29H44O5Si/c1-26(2,3)35(6,7)33-18-14-24-29(31,20-32-25(34-24)21-11-9-8-10-12-21)17-16-28-15-13-22(19-23(28)30)27(28,4)5/h8-12,22-25,30-31H,13-15,18-20H2,1-7H3/t22?,23?,24-,25-,28?,29?/m1/s1. The second kappa shape index (κ2) is 9.27. The summed E-state index contributed by atoms with van der Waals surface area (Å²) in [6, 6.07) is 9.81. The maximum Gasteiger partial charge on any atom is 0.191 e. The quantitative estimate of drug-likeness (QED) is 0.417. The summed E-state index contributed by atoms with van der Waals surface area (Å²) in [5, 5.41) is 22.8. The summed E-state index contributed by atoms with van der Waals surface area (Å²) in [7, 11) is -1.93. The zero-order chi connectivity index (χ0) is 25.7. The Bertz CT molecular complexity index is 959. The van der Waals surface area contributed by atoms with E-state index >= 15 is 0 Å². The predicted octanol–water partition coefficient (Wildman–Crippen LogP) is 5.43. The van der Waals surface area contributed by atoms with Crippen LogP contribution in [0.1, 0.15) is 72.2 Å². The minimum Gasteiger partial charge on any atom is -0.417 e. The monoisotopic (exact) mass is 500 g/mol. The van der Waals surface area contributed by atoms with Crippen LogP contribution in [0.15, 0.2) is 30.3 Å². The molecule has 0 amide bonds. The molecular weight excluding hydrogens is 456 g/mol. The Morgan fingerprint density at radius 1 is 1.14 bits per heavy atom. The van der Waals surface area contributed by atoms with Gasteiger partial charge < -0.3 is 24.1 Å². The van der Waals surface area contributed by atoms with Crippen LogP contribution in [0.4, 0.5) is 0 Å². The molecule has 194 valence electrons. The van der Waals surface area contributed by atoms with Crippen molar-refractivity contribution in [3.8, 4) is 11.8 Å². The summed E-state index contributed by atoms with van der Waals surface area (Å²) in [5.41, 5.74) is -1.12. The fourth-order valence-corrected chi connectivity index (χ4v) is 6.96. The molecule has 0 aromatic heterocycles. The van der Waals surface area contributed by atoms with E-state index < -0.39 is 37.8 Å². The van der Waals surface area contributed by atoms with Gasteiger partial charge in [0.1, 0.15) is 6.10 Å². The summed E-state index contributed by atoms with van der Waals surface area (Å²) in [6.45, 7) is 16.1. The molecule has 2 N–H and O–H groups in total. The smallest absolute Gasteiger partial charge is 0.191 e. The molecule has 0 radical (unpaired) electrons. The molecule has 35 heavy (non-hydrogen) atoms. The van der Waals surface area contributed by atoms with Crippen molar-refractivity contribution >= 4 is 8.32 Å². The van der Waals surface area contributed by atoms with Gasteiger partial charge in [0.25, 0.3) is 0 Å². The number of aliphatic hydroxyl groups is 2. The van der Waals surface area contributed by atoms with Gasteiger partial charge >= 0.3 is 0 Å². The van der Waals surface area contributed by atoms with Crippen molar-refractivity contribution < 1.29 is 24.1 Å². The van der Waals surface area contributed by atoms with Crippen molar-refractivity contribution in [1.82, 2.24) is 0 Å². The molecule has 3 aliphatic rings. The fourth-order valence-electron chi connectivity index (χ4n) is 5.90. The summed E-state index contributed by atoms with van der Waals surface area (Å²) >= 11 is 0. The minimum absolute atomic E-state index is 0.0559. The van der Waals surface area contributed by atoms with Crippen molar-refractivity contribution in [2.75, 3.05) is 13.2 Å². The van der Waals surface area contributed by atoms with Gasteiger partial charge in [0.05, 0.1) is 18.1 Å². The first-order valence-electron chi connectivity index (χ1n) is 13.1. The Kier molecular flexibility index (Phi) is 7.11. The third-order valence-electron chi connectivity index (χ3n) is 9.63. The van der Waals surface area contributed by atoms with Crippen molar-refractivity contribution in [3.05, 3.63) is 35.9 Å². The molecule has 1 saturated heterocycles. The lowest BCUT2D eigenvalue weighted by atomic mass is 9.68. The highest BCUT2D eigenvalue weighted by Gasteiger charge is 2.63. The number of benzene rings is 1.